The first-order chi connectivity index (χ1) is 10.0. The minimum Gasteiger partial charge on any atom is -0.380 e. The van der Waals surface area contributed by atoms with Crippen LogP contribution in [0.3, 0.4) is 0 Å². The Morgan fingerprint density at radius 2 is 2.19 bits per heavy atom. The van der Waals surface area contributed by atoms with Crippen LogP contribution in [0.4, 0.5) is 17.2 Å². The maximum atomic E-state index is 12.3. The molecule has 0 saturated carbocycles. The van der Waals surface area contributed by atoms with E-state index in [1.807, 2.05) is 6.92 Å². The van der Waals surface area contributed by atoms with Crippen LogP contribution in [0.5, 0.6) is 0 Å². The van der Waals surface area contributed by atoms with Crippen molar-refractivity contribution in [3.63, 3.8) is 0 Å². The molecule has 1 aromatic carbocycles. The number of carbonyl (C=O) groups excluding carboxylic acids is 1. The summed E-state index contributed by atoms with van der Waals surface area (Å²) >= 11 is 0. The van der Waals surface area contributed by atoms with E-state index in [-0.39, 0.29) is 11.3 Å². The number of nitrogens with one attached hydrogen (secondary N) is 2. The SMILES string of the molecule is CCNc1cccc(C(=O)Nc2ccnn2C)c1[N+](=O)[O-]. The highest BCUT2D eigenvalue weighted by molar-refractivity contribution is 6.08. The first kappa shape index (κ1) is 14.5. The van der Waals surface area contributed by atoms with Gasteiger partial charge in [-0.3, -0.25) is 19.6 Å². The highest BCUT2D eigenvalue weighted by Crippen LogP contribution is 2.29. The minimum absolute atomic E-state index is 0.000324. The molecular formula is C13H15N5O3. The van der Waals surface area contributed by atoms with Gasteiger partial charge in [0, 0.05) is 19.7 Å². The lowest BCUT2D eigenvalue weighted by atomic mass is 10.1. The predicted octanol–water partition coefficient (Wildman–Crippen LogP) is 2.01. The van der Waals surface area contributed by atoms with Crippen molar-refractivity contribution in [2.75, 3.05) is 17.2 Å². The standard InChI is InChI=1S/C13H15N5O3/c1-3-14-10-6-4-5-9(12(10)18(20)21)13(19)16-11-7-8-15-17(11)2/h4-8,14H,3H2,1-2H3,(H,16,19). The smallest absolute Gasteiger partial charge is 0.305 e. The summed E-state index contributed by atoms with van der Waals surface area (Å²) in [5, 5.41) is 20.7. The summed E-state index contributed by atoms with van der Waals surface area (Å²) in [5.74, 6) is -0.0896. The van der Waals surface area contributed by atoms with Gasteiger partial charge >= 0.3 is 5.69 Å². The molecule has 21 heavy (non-hydrogen) atoms. The van der Waals surface area contributed by atoms with Gasteiger partial charge < -0.3 is 10.6 Å². The molecule has 2 rings (SSSR count). The monoisotopic (exact) mass is 289 g/mol. The predicted molar refractivity (Wildman–Crippen MR) is 78.4 cm³/mol. The van der Waals surface area contributed by atoms with Gasteiger partial charge in [-0.2, -0.15) is 5.10 Å². The Hall–Kier alpha value is -2.90. The largest absolute Gasteiger partial charge is 0.380 e. The van der Waals surface area contributed by atoms with E-state index >= 15 is 0 Å². The van der Waals surface area contributed by atoms with Gasteiger partial charge in [0.25, 0.3) is 5.91 Å². The molecular weight excluding hydrogens is 274 g/mol. The molecule has 8 heteroatoms. The van der Waals surface area contributed by atoms with E-state index in [0.29, 0.717) is 18.1 Å². The summed E-state index contributed by atoms with van der Waals surface area (Å²) in [7, 11) is 1.67. The Bertz CT molecular complexity index is 680. The van der Waals surface area contributed by atoms with Crippen molar-refractivity contribution in [1.82, 2.24) is 9.78 Å². The summed E-state index contributed by atoms with van der Waals surface area (Å²) in [5.41, 5.74) is 0.0822. The van der Waals surface area contributed by atoms with Gasteiger partial charge in [-0.15, -0.1) is 0 Å². The maximum Gasteiger partial charge on any atom is 0.305 e. The number of para-hydroxylation sites is 1. The van der Waals surface area contributed by atoms with E-state index in [0.717, 1.165) is 0 Å². The lowest BCUT2D eigenvalue weighted by Crippen LogP contribution is -2.17. The topological polar surface area (TPSA) is 102 Å². The number of benzene rings is 1. The highest BCUT2D eigenvalue weighted by atomic mass is 16.6. The van der Waals surface area contributed by atoms with Gasteiger partial charge in [0.15, 0.2) is 0 Å². The van der Waals surface area contributed by atoms with Crippen LogP contribution in [0.2, 0.25) is 0 Å². The third-order valence-electron chi connectivity index (χ3n) is 2.89. The molecule has 0 unspecified atom stereocenters. The van der Waals surface area contributed by atoms with Crippen LogP contribution in [-0.2, 0) is 7.05 Å². The van der Waals surface area contributed by atoms with Crippen LogP contribution in [0.15, 0.2) is 30.5 Å². The second-order valence-corrected chi connectivity index (χ2v) is 4.28. The molecule has 1 heterocycles. The van der Waals surface area contributed by atoms with Crippen LogP contribution in [0.25, 0.3) is 0 Å². The number of anilines is 2. The van der Waals surface area contributed by atoms with Gasteiger partial charge in [-0.1, -0.05) is 6.07 Å². The molecule has 0 aliphatic rings. The quantitative estimate of drug-likeness (QED) is 0.647. The van der Waals surface area contributed by atoms with Gasteiger partial charge in [0.1, 0.15) is 17.1 Å². The summed E-state index contributed by atoms with van der Waals surface area (Å²) < 4.78 is 1.47. The molecule has 0 atom stereocenters. The molecule has 0 radical (unpaired) electrons. The van der Waals surface area contributed by atoms with Crippen LogP contribution < -0.4 is 10.6 Å². The number of nitrogens with zero attached hydrogens (tertiary/aromatic N) is 3. The van der Waals surface area contributed by atoms with Crippen molar-refractivity contribution >= 4 is 23.1 Å². The average molecular weight is 289 g/mol. The maximum absolute atomic E-state index is 12.3. The molecule has 2 aromatic rings. The Labute approximate surface area is 120 Å². The van der Waals surface area contributed by atoms with E-state index < -0.39 is 10.8 Å². The molecule has 1 aromatic heterocycles. The van der Waals surface area contributed by atoms with Crippen molar-refractivity contribution in [3.8, 4) is 0 Å². The zero-order valence-corrected chi connectivity index (χ0v) is 11.7. The summed E-state index contributed by atoms with van der Waals surface area (Å²) in [6.07, 6.45) is 1.53. The average Bonchev–Trinajstić information content (AvgIpc) is 2.84. The van der Waals surface area contributed by atoms with E-state index in [1.54, 1.807) is 25.2 Å². The number of aromatic nitrogens is 2. The van der Waals surface area contributed by atoms with E-state index in [4.69, 9.17) is 0 Å². The Kier molecular flexibility index (Phi) is 4.17. The van der Waals surface area contributed by atoms with Crippen molar-refractivity contribution in [2.24, 2.45) is 7.05 Å². The molecule has 2 N–H and O–H groups in total. The van der Waals surface area contributed by atoms with Crippen molar-refractivity contribution in [3.05, 3.63) is 46.1 Å². The first-order valence-electron chi connectivity index (χ1n) is 6.35. The van der Waals surface area contributed by atoms with Crippen molar-refractivity contribution < 1.29 is 9.72 Å². The fourth-order valence-corrected chi connectivity index (χ4v) is 1.94. The fraction of sp³-hybridized carbons (Fsp3) is 0.231. The van der Waals surface area contributed by atoms with Crippen LogP contribution in [0, 0.1) is 10.1 Å². The fourth-order valence-electron chi connectivity index (χ4n) is 1.94. The van der Waals surface area contributed by atoms with Crippen LogP contribution >= 0.6 is 0 Å². The zero-order chi connectivity index (χ0) is 15.4. The zero-order valence-electron chi connectivity index (χ0n) is 11.7. The normalized spacial score (nSPS) is 10.2. The Balaban J connectivity index is 2.38. The molecule has 0 aliphatic carbocycles. The van der Waals surface area contributed by atoms with E-state index in [1.165, 1.54) is 16.9 Å². The Morgan fingerprint density at radius 1 is 1.43 bits per heavy atom. The highest BCUT2D eigenvalue weighted by Gasteiger charge is 2.24. The molecule has 0 bridgehead atoms. The molecule has 0 saturated heterocycles. The Morgan fingerprint density at radius 3 is 2.76 bits per heavy atom. The number of aryl methyl sites for hydroxylation is 1. The second kappa shape index (κ2) is 6.04. The van der Waals surface area contributed by atoms with Crippen molar-refractivity contribution in [1.29, 1.82) is 0 Å². The molecule has 0 spiro atoms. The number of hydrogen-bond donors (Lipinski definition) is 2. The van der Waals surface area contributed by atoms with E-state index in [2.05, 4.69) is 15.7 Å². The third kappa shape index (κ3) is 2.99. The molecule has 0 fully saturated rings. The molecule has 110 valence electrons. The summed E-state index contributed by atoms with van der Waals surface area (Å²) in [6, 6.07) is 6.20. The molecule has 1 amide bonds. The lowest BCUT2D eigenvalue weighted by Gasteiger charge is -2.09. The number of hydrogen-bond acceptors (Lipinski definition) is 5. The number of carbonyl (C=O) groups is 1. The van der Waals surface area contributed by atoms with Crippen molar-refractivity contribution in [2.45, 2.75) is 6.92 Å². The lowest BCUT2D eigenvalue weighted by molar-refractivity contribution is -0.384. The summed E-state index contributed by atoms with van der Waals surface area (Å²) in [4.78, 5) is 23.0. The first-order valence-corrected chi connectivity index (χ1v) is 6.35. The van der Waals surface area contributed by atoms with Gasteiger partial charge in [-0.05, 0) is 19.1 Å². The van der Waals surface area contributed by atoms with Crippen LogP contribution in [0.1, 0.15) is 17.3 Å². The van der Waals surface area contributed by atoms with E-state index in [9.17, 15) is 14.9 Å². The summed E-state index contributed by atoms with van der Waals surface area (Å²) in [6.45, 7) is 2.35. The third-order valence-corrected chi connectivity index (χ3v) is 2.89. The molecule has 8 nitrogen and oxygen atoms in total. The molecule has 0 aliphatic heterocycles. The van der Waals surface area contributed by atoms with Crippen LogP contribution in [-0.4, -0.2) is 27.2 Å². The second-order valence-electron chi connectivity index (χ2n) is 4.28. The number of amides is 1. The van der Waals surface area contributed by atoms with Gasteiger partial charge in [0.2, 0.25) is 0 Å². The van der Waals surface area contributed by atoms with Gasteiger partial charge in [0.05, 0.1) is 11.1 Å². The minimum atomic E-state index is -0.559. The number of nitro benzene ring substituents is 1. The number of nitro groups is 1. The number of rotatable bonds is 5. The van der Waals surface area contributed by atoms with Gasteiger partial charge in [-0.25, -0.2) is 0 Å².